The Morgan fingerprint density at radius 2 is 2.21 bits per heavy atom. The summed E-state index contributed by atoms with van der Waals surface area (Å²) in [5, 5.41) is 12.8. The van der Waals surface area contributed by atoms with E-state index < -0.39 is 17.8 Å². The third kappa shape index (κ3) is 3.23. The molecule has 1 aromatic rings. The van der Waals surface area contributed by atoms with Crippen molar-refractivity contribution in [1.29, 1.82) is 0 Å². The minimum absolute atomic E-state index is 0.0542. The van der Waals surface area contributed by atoms with E-state index in [-0.39, 0.29) is 10.6 Å². The van der Waals surface area contributed by atoms with Crippen LogP contribution in [0.4, 0.5) is 4.39 Å². The predicted octanol–water partition coefficient (Wildman–Crippen LogP) is 1.90. The Balaban J connectivity index is 2.36. The van der Waals surface area contributed by atoms with Crippen LogP contribution in [0.3, 0.4) is 0 Å². The van der Waals surface area contributed by atoms with Crippen LogP contribution in [0.5, 0.6) is 0 Å². The Labute approximate surface area is 116 Å². The van der Waals surface area contributed by atoms with Crippen LogP contribution in [0, 0.1) is 5.82 Å². The van der Waals surface area contributed by atoms with E-state index >= 15 is 0 Å². The van der Waals surface area contributed by atoms with Crippen molar-refractivity contribution in [3.63, 3.8) is 0 Å². The number of benzene rings is 1. The average molecular weight is 287 g/mol. The molecule has 4 nitrogen and oxygen atoms in total. The van der Waals surface area contributed by atoms with Gasteiger partial charge in [0.1, 0.15) is 11.9 Å². The van der Waals surface area contributed by atoms with Gasteiger partial charge in [0.15, 0.2) is 0 Å². The Morgan fingerprint density at radius 1 is 1.42 bits per heavy atom. The number of halogens is 2. The quantitative estimate of drug-likeness (QED) is 0.891. The number of carboxylic acids is 1. The number of aliphatic carboxylic acids is 1. The number of nitrogens with one attached hydrogen (secondary N) is 1. The van der Waals surface area contributed by atoms with Gasteiger partial charge >= 0.3 is 5.97 Å². The maximum absolute atomic E-state index is 13.9. The number of nitrogens with zero attached hydrogens (tertiary/aromatic N) is 1. The van der Waals surface area contributed by atoms with E-state index in [1.807, 2.05) is 0 Å². The standard InChI is InChI=1S/C13H16ClFN2O2/c14-9-3-1-4-10(15)11(9)12(13(18)19)17-7-2-5-16-6-8-17/h1,3-4,12,16H,2,5-8H2,(H,18,19). The molecule has 1 saturated heterocycles. The largest absolute Gasteiger partial charge is 0.480 e. The summed E-state index contributed by atoms with van der Waals surface area (Å²) < 4.78 is 13.9. The monoisotopic (exact) mass is 286 g/mol. The molecule has 1 heterocycles. The molecule has 19 heavy (non-hydrogen) atoms. The van der Waals surface area contributed by atoms with Crippen LogP contribution in [0.15, 0.2) is 18.2 Å². The average Bonchev–Trinajstić information content (AvgIpc) is 2.62. The lowest BCUT2D eigenvalue weighted by molar-refractivity contribution is -0.143. The molecule has 0 radical (unpaired) electrons. The summed E-state index contributed by atoms with van der Waals surface area (Å²) in [7, 11) is 0. The SMILES string of the molecule is O=C(O)C(c1c(F)cccc1Cl)N1CCCNCC1. The van der Waals surface area contributed by atoms with Gasteiger partial charge in [0.2, 0.25) is 0 Å². The molecule has 2 rings (SSSR count). The van der Waals surface area contributed by atoms with E-state index in [2.05, 4.69) is 5.32 Å². The van der Waals surface area contributed by atoms with E-state index in [0.717, 1.165) is 13.0 Å². The second-order valence-corrected chi connectivity index (χ2v) is 4.92. The Kier molecular flexibility index (Phi) is 4.74. The van der Waals surface area contributed by atoms with Crippen LogP contribution in [0.25, 0.3) is 0 Å². The number of carboxylic acid groups (broad SMARTS) is 1. The zero-order valence-corrected chi connectivity index (χ0v) is 11.2. The summed E-state index contributed by atoms with van der Waals surface area (Å²) in [5.41, 5.74) is 0.0542. The first-order valence-corrected chi connectivity index (χ1v) is 6.60. The lowest BCUT2D eigenvalue weighted by Gasteiger charge is -2.28. The molecule has 1 aliphatic rings. The Hall–Kier alpha value is -1.17. The van der Waals surface area contributed by atoms with Crippen molar-refractivity contribution in [2.45, 2.75) is 12.5 Å². The molecule has 0 bridgehead atoms. The highest BCUT2D eigenvalue weighted by atomic mass is 35.5. The Morgan fingerprint density at radius 3 is 2.89 bits per heavy atom. The highest BCUT2D eigenvalue weighted by Gasteiger charge is 2.31. The van der Waals surface area contributed by atoms with E-state index in [1.165, 1.54) is 18.2 Å². The van der Waals surface area contributed by atoms with E-state index in [1.54, 1.807) is 4.90 Å². The van der Waals surface area contributed by atoms with Gasteiger partial charge in [-0.2, -0.15) is 0 Å². The first-order chi connectivity index (χ1) is 9.11. The van der Waals surface area contributed by atoms with Gasteiger partial charge in [-0.1, -0.05) is 17.7 Å². The summed E-state index contributed by atoms with van der Waals surface area (Å²) in [4.78, 5) is 13.3. The van der Waals surface area contributed by atoms with Crippen molar-refractivity contribution in [3.8, 4) is 0 Å². The van der Waals surface area contributed by atoms with Crippen LogP contribution in [0.1, 0.15) is 18.0 Å². The fraction of sp³-hybridized carbons (Fsp3) is 0.462. The van der Waals surface area contributed by atoms with E-state index in [4.69, 9.17) is 11.6 Å². The molecule has 1 unspecified atom stereocenters. The number of hydrogen-bond donors (Lipinski definition) is 2. The van der Waals surface area contributed by atoms with Crippen molar-refractivity contribution in [3.05, 3.63) is 34.6 Å². The van der Waals surface area contributed by atoms with Crippen molar-refractivity contribution in [1.82, 2.24) is 10.2 Å². The van der Waals surface area contributed by atoms with E-state index in [0.29, 0.717) is 19.6 Å². The maximum atomic E-state index is 13.9. The number of rotatable bonds is 3. The van der Waals surface area contributed by atoms with Gasteiger partial charge in [-0.3, -0.25) is 9.69 Å². The zero-order valence-electron chi connectivity index (χ0n) is 10.4. The number of carbonyl (C=O) groups is 1. The van der Waals surface area contributed by atoms with Gasteiger partial charge in [-0.25, -0.2) is 4.39 Å². The summed E-state index contributed by atoms with van der Waals surface area (Å²) in [6, 6.07) is 3.21. The molecule has 0 spiro atoms. The summed E-state index contributed by atoms with van der Waals surface area (Å²) in [5.74, 6) is -1.65. The third-order valence-electron chi connectivity index (χ3n) is 3.25. The molecule has 2 N–H and O–H groups in total. The van der Waals surface area contributed by atoms with Gasteiger partial charge in [0.05, 0.1) is 0 Å². The molecule has 0 amide bonds. The van der Waals surface area contributed by atoms with Crippen LogP contribution < -0.4 is 5.32 Å². The normalized spacial score (nSPS) is 18.8. The van der Waals surface area contributed by atoms with Crippen molar-refractivity contribution >= 4 is 17.6 Å². The van der Waals surface area contributed by atoms with Crippen LogP contribution in [0.2, 0.25) is 5.02 Å². The summed E-state index contributed by atoms with van der Waals surface area (Å²) in [6.07, 6.45) is 0.829. The first-order valence-electron chi connectivity index (χ1n) is 6.22. The molecule has 1 atom stereocenters. The van der Waals surface area contributed by atoms with Gasteiger partial charge in [0.25, 0.3) is 0 Å². The fourth-order valence-corrected chi connectivity index (χ4v) is 2.63. The van der Waals surface area contributed by atoms with Crippen LogP contribution >= 0.6 is 11.6 Å². The molecular weight excluding hydrogens is 271 g/mol. The van der Waals surface area contributed by atoms with Crippen molar-refractivity contribution in [2.75, 3.05) is 26.2 Å². The van der Waals surface area contributed by atoms with Crippen molar-refractivity contribution < 1.29 is 14.3 Å². The molecule has 1 aromatic carbocycles. The van der Waals surface area contributed by atoms with Gasteiger partial charge in [-0.05, 0) is 25.1 Å². The zero-order chi connectivity index (χ0) is 13.8. The first kappa shape index (κ1) is 14.2. The van der Waals surface area contributed by atoms with Gasteiger partial charge < -0.3 is 10.4 Å². The third-order valence-corrected chi connectivity index (χ3v) is 3.58. The van der Waals surface area contributed by atoms with Gasteiger partial charge in [-0.15, -0.1) is 0 Å². The molecule has 104 valence electrons. The molecule has 0 aromatic heterocycles. The summed E-state index contributed by atoms with van der Waals surface area (Å²) in [6.45, 7) is 2.69. The lowest BCUT2D eigenvalue weighted by Crippen LogP contribution is -2.37. The second kappa shape index (κ2) is 6.32. The molecule has 1 fully saturated rings. The summed E-state index contributed by atoms with van der Waals surface area (Å²) >= 11 is 5.98. The Bertz CT molecular complexity index is 442. The van der Waals surface area contributed by atoms with Crippen molar-refractivity contribution in [2.24, 2.45) is 0 Å². The lowest BCUT2D eigenvalue weighted by atomic mass is 10.0. The minimum Gasteiger partial charge on any atom is -0.480 e. The van der Waals surface area contributed by atoms with Gasteiger partial charge in [0, 0.05) is 30.2 Å². The molecule has 1 aliphatic heterocycles. The molecule has 0 saturated carbocycles. The van der Waals surface area contributed by atoms with E-state index in [9.17, 15) is 14.3 Å². The topological polar surface area (TPSA) is 52.6 Å². The van der Waals surface area contributed by atoms with Crippen LogP contribution in [-0.4, -0.2) is 42.2 Å². The van der Waals surface area contributed by atoms with Crippen LogP contribution in [-0.2, 0) is 4.79 Å². The molecular formula is C13H16ClFN2O2. The highest BCUT2D eigenvalue weighted by molar-refractivity contribution is 6.31. The maximum Gasteiger partial charge on any atom is 0.325 e. The smallest absolute Gasteiger partial charge is 0.325 e. The number of hydrogen-bond acceptors (Lipinski definition) is 3. The minimum atomic E-state index is -1.08. The highest BCUT2D eigenvalue weighted by Crippen LogP contribution is 2.30. The fourth-order valence-electron chi connectivity index (χ4n) is 2.36. The molecule has 0 aliphatic carbocycles. The predicted molar refractivity (Wildman–Crippen MR) is 70.8 cm³/mol. The molecule has 6 heteroatoms. The second-order valence-electron chi connectivity index (χ2n) is 4.52.